The molecule has 86 valence electrons. The van der Waals surface area contributed by atoms with E-state index in [1.807, 2.05) is 26.0 Å². The van der Waals surface area contributed by atoms with Crippen LogP contribution >= 0.6 is 22.9 Å². The fraction of sp³-hybridized carbons (Fsp3) is 0.364. The first-order valence-electron chi connectivity index (χ1n) is 5.05. The van der Waals surface area contributed by atoms with Gasteiger partial charge in [0.15, 0.2) is 5.76 Å². The number of hydrogen-bond acceptors (Lipinski definition) is 4. The molecule has 5 heteroatoms. The summed E-state index contributed by atoms with van der Waals surface area (Å²) < 4.78 is 6.36. The Morgan fingerprint density at radius 3 is 2.75 bits per heavy atom. The van der Waals surface area contributed by atoms with Crippen molar-refractivity contribution >= 4 is 22.9 Å². The van der Waals surface area contributed by atoms with Crippen LogP contribution in [-0.2, 0) is 0 Å². The second-order valence-corrected chi connectivity index (χ2v) is 5.65. The molecule has 0 spiro atoms. The quantitative estimate of drug-likeness (QED) is 0.911. The van der Waals surface area contributed by atoms with Crippen LogP contribution in [0.3, 0.4) is 0 Å². The lowest BCUT2D eigenvalue weighted by molar-refractivity contribution is 0.394. The van der Waals surface area contributed by atoms with Crippen molar-refractivity contribution in [2.45, 2.75) is 19.9 Å². The number of halogens is 1. The first-order valence-corrected chi connectivity index (χ1v) is 6.24. The van der Waals surface area contributed by atoms with Gasteiger partial charge in [-0.1, -0.05) is 25.4 Å². The molecule has 0 fully saturated rings. The van der Waals surface area contributed by atoms with Crippen molar-refractivity contribution < 1.29 is 4.42 Å². The van der Waals surface area contributed by atoms with Crippen molar-refractivity contribution in [1.29, 1.82) is 0 Å². The Bertz CT molecular complexity index is 478. The molecule has 2 N–H and O–H groups in total. The third kappa shape index (κ3) is 2.29. The van der Waals surface area contributed by atoms with Crippen LogP contribution in [-0.4, -0.2) is 4.98 Å². The van der Waals surface area contributed by atoms with Crippen molar-refractivity contribution in [3.63, 3.8) is 0 Å². The van der Waals surface area contributed by atoms with Gasteiger partial charge in [0.1, 0.15) is 0 Å². The summed E-state index contributed by atoms with van der Waals surface area (Å²) in [5, 5.41) is 0. The zero-order valence-corrected chi connectivity index (χ0v) is 10.7. The number of nitrogens with zero attached hydrogens (tertiary/aromatic N) is 1. The molecule has 0 aliphatic carbocycles. The molecule has 2 aromatic heterocycles. The van der Waals surface area contributed by atoms with Crippen LogP contribution in [0, 0.1) is 5.92 Å². The molecular formula is C11H13ClN2OS. The molecule has 0 aromatic carbocycles. The van der Waals surface area contributed by atoms with Crippen LogP contribution in [0.2, 0.25) is 4.34 Å². The lowest BCUT2D eigenvalue weighted by Crippen LogP contribution is -2.16. The van der Waals surface area contributed by atoms with Crippen LogP contribution in [0.25, 0.3) is 10.6 Å². The number of nitrogens with two attached hydrogens (primary N) is 1. The minimum Gasteiger partial charge on any atom is -0.438 e. The third-order valence-corrected chi connectivity index (χ3v) is 3.59. The Balaban J connectivity index is 2.26. The maximum absolute atomic E-state index is 5.96. The van der Waals surface area contributed by atoms with E-state index in [4.69, 9.17) is 21.8 Å². The van der Waals surface area contributed by atoms with Gasteiger partial charge in [0.2, 0.25) is 5.89 Å². The van der Waals surface area contributed by atoms with E-state index in [0.29, 0.717) is 11.8 Å². The molecule has 1 unspecified atom stereocenters. The van der Waals surface area contributed by atoms with Crippen LogP contribution in [0.15, 0.2) is 22.7 Å². The van der Waals surface area contributed by atoms with E-state index in [0.717, 1.165) is 15.0 Å². The molecular weight excluding hydrogens is 244 g/mol. The van der Waals surface area contributed by atoms with E-state index in [-0.39, 0.29) is 6.04 Å². The molecule has 0 aliphatic rings. The molecule has 0 radical (unpaired) electrons. The van der Waals surface area contributed by atoms with Crippen molar-refractivity contribution in [2.75, 3.05) is 0 Å². The second-order valence-electron chi connectivity index (χ2n) is 3.94. The first kappa shape index (κ1) is 11.6. The molecule has 2 rings (SSSR count). The largest absolute Gasteiger partial charge is 0.438 e. The molecule has 0 saturated heterocycles. The predicted octanol–water partition coefficient (Wildman–Crippen LogP) is 3.71. The normalized spacial score (nSPS) is 13.3. The summed E-state index contributed by atoms with van der Waals surface area (Å²) in [5.41, 5.74) is 5.96. The van der Waals surface area contributed by atoms with Gasteiger partial charge in [-0.3, -0.25) is 0 Å². The maximum atomic E-state index is 5.96. The van der Waals surface area contributed by atoms with Crippen LogP contribution < -0.4 is 5.73 Å². The van der Waals surface area contributed by atoms with Crippen LogP contribution in [0.1, 0.15) is 25.8 Å². The predicted molar refractivity (Wildman–Crippen MR) is 66.6 cm³/mol. The monoisotopic (exact) mass is 256 g/mol. The van der Waals surface area contributed by atoms with Crippen LogP contribution in [0.4, 0.5) is 0 Å². The maximum Gasteiger partial charge on any atom is 0.212 e. The third-order valence-electron chi connectivity index (χ3n) is 2.34. The second kappa shape index (κ2) is 4.57. The smallest absolute Gasteiger partial charge is 0.212 e. The summed E-state index contributed by atoms with van der Waals surface area (Å²) in [7, 11) is 0. The van der Waals surface area contributed by atoms with Gasteiger partial charge in [0, 0.05) is 0 Å². The summed E-state index contributed by atoms with van der Waals surface area (Å²) in [6.45, 7) is 4.08. The Labute approximate surface area is 103 Å². The highest BCUT2D eigenvalue weighted by Crippen LogP contribution is 2.32. The number of rotatable bonds is 3. The highest BCUT2D eigenvalue weighted by atomic mass is 35.5. The Kier molecular flexibility index (Phi) is 3.33. The summed E-state index contributed by atoms with van der Waals surface area (Å²) in [5.74, 6) is 1.61. The summed E-state index contributed by atoms with van der Waals surface area (Å²) in [6, 6.07) is 3.59. The summed E-state index contributed by atoms with van der Waals surface area (Å²) >= 11 is 7.33. The highest BCUT2D eigenvalue weighted by molar-refractivity contribution is 7.19. The standard InChI is InChI=1S/C11H13ClN2OS/c1-6(2)10(13)11-14-5-7(15-11)8-3-4-9(12)16-8/h3-6,10H,13H2,1-2H3. The van der Waals surface area contributed by atoms with Crippen LogP contribution in [0.5, 0.6) is 0 Å². The lowest BCUT2D eigenvalue weighted by Gasteiger charge is -2.10. The van der Waals surface area contributed by atoms with Gasteiger partial charge in [-0.2, -0.15) is 0 Å². The SMILES string of the molecule is CC(C)C(N)c1ncc(-c2ccc(Cl)s2)o1. The van der Waals surface area contributed by atoms with Gasteiger partial charge < -0.3 is 10.2 Å². The van der Waals surface area contributed by atoms with Crippen molar-refractivity contribution in [1.82, 2.24) is 4.98 Å². The molecule has 1 atom stereocenters. The molecule has 0 bridgehead atoms. The van der Waals surface area contributed by atoms with Gasteiger partial charge in [0.05, 0.1) is 21.5 Å². The fourth-order valence-electron chi connectivity index (χ4n) is 1.29. The minimum atomic E-state index is -0.163. The van der Waals surface area contributed by atoms with E-state index >= 15 is 0 Å². The first-order chi connectivity index (χ1) is 7.58. The molecule has 2 heterocycles. The molecule has 16 heavy (non-hydrogen) atoms. The van der Waals surface area contributed by atoms with Crippen molar-refractivity contribution in [3.8, 4) is 10.6 Å². The van der Waals surface area contributed by atoms with E-state index < -0.39 is 0 Å². The average molecular weight is 257 g/mol. The van der Waals surface area contributed by atoms with Gasteiger partial charge in [-0.05, 0) is 18.1 Å². The van der Waals surface area contributed by atoms with Gasteiger partial charge in [-0.25, -0.2) is 4.98 Å². The molecule has 3 nitrogen and oxygen atoms in total. The van der Waals surface area contributed by atoms with E-state index in [1.165, 1.54) is 11.3 Å². The van der Waals surface area contributed by atoms with E-state index in [9.17, 15) is 0 Å². The highest BCUT2D eigenvalue weighted by Gasteiger charge is 2.17. The summed E-state index contributed by atoms with van der Waals surface area (Å²) in [4.78, 5) is 5.17. The average Bonchev–Trinajstić information content (AvgIpc) is 2.84. The molecule has 0 amide bonds. The van der Waals surface area contributed by atoms with Gasteiger partial charge >= 0.3 is 0 Å². The van der Waals surface area contributed by atoms with Crippen molar-refractivity contribution in [2.24, 2.45) is 11.7 Å². The molecule has 0 aliphatic heterocycles. The lowest BCUT2D eigenvalue weighted by atomic mass is 10.1. The molecule has 0 saturated carbocycles. The number of aromatic nitrogens is 1. The number of hydrogen-bond donors (Lipinski definition) is 1. The number of oxazole rings is 1. The van der Waals surface area contributed by atoms with Gasteiger partial charge in [-0.15, -0.1) is 11.3 Å². The Morgan fingerprint density at radius 2 is 2.19 bits per heavy atom. The van der Waals surface area contributed by atoms with Crippen molar-refractivity contribution in [3.05, 3.63) is 28.6 Å². The van der Waals surface area contributed by atoms with E-state index in [1.54, 1.807) is 6.20 Å². The Hall–Kier alpha value is -0.840. The Morgan fingerprint density at radius 1 is 1.44 bits per heavy atom. The zero-order chi connectivity index (χ0) is 11.7. The topological polar surface area (TPSA) is 52.0 Å². The minimum absolute atomic E-state index is 0.163. The molecule has 2 aromatic rings. The van der Waals surface area contributed by atoms with Gasteiger partial charge in [0.25, 0.3) is 0 Å². The summed E-state index contributed by atoms with van der Waals surface area (Å²) in [6.07, 6.45) is 1.69. The fourth-order valence-corrected chi connectivity index (χ4v) is 2.28. The number of thiophene rings is 1. The van der Waals surface area contributed by atoms with E-state index in [2.05, 4.69) is 4.98 Å². The zero-order valence-electron chi connectivity index (χ0n) is 9.11.